The maximum absolute atomic E-state index is 13.0. The zero-order chi connectivity index (χ0) is 21.4. The number of nitrogens with one attached hydrogen (secondary N) is 2. The van der Waals surface area contributed by atoms with Crippen LogP contribution in [0.1, 0.15) is 21.5 Å². The van der Waals surface area contributed by atoms with Crippen molar-refractivity contribution < 1.29 is 9.53 Å². The van der Waals surface area contributed by atoms with E-state index in [1.807, 2.05) is 6.07 Å². The minimum atomic E-state index is -0.368. The lowest BCUT2D eigenvalue weighted by Gasteiger charge is -2.29. The first kappa shape index (κ1) is 19.3. The van der Waals surface area contributed by atoms with Crippen molar-refractivity contribution in [2.45, 2.75) is 13.0 Å². The summed E-state index contributed by atoms with van der Waals surface area (Å²) in [6, 6.07) is 11.1. The summed E-state index contributed by atoms with van der Waals surface area (Å²) in [5.74, 6) is 0.165. The van der Waals surface area contributed by atoms with Gasteiger partial charge in [-0.1, -0.05) is 29.8 Å². The minimum Gasteiger partial charge on any atom is -0.455 e. The second-order valence-electron chi connectivity index (χ2n) is 7.17. The summed E-state index contributed by atoms with van der Waals surface area (Å²) < 4.78 is 5.73. The van der Waals surface area contributed by atoms with Gasteiger partial charge in [0.25, 0.3) is 5.91 Å². The Morgan fingerprint density at radius 3 is 3.03 bits per heavy atom. The Labute approximate surface area is 183 Å². The van der Waals surface area contributed by atoms with Crippen molar-refractivity contribution in [3.8, 4) is 5.88 Å². The van der Waals surface area contributed by atoms with Crippen LogP contribution in [0.4, 0.5) is 23.0 Å². The van der Waals surface area contributed by atoms with Crippen LogP contribution in [-0.4, -0.2) is 29.2 Å². The molecule has 0 saturated carbocycles. The van der Waals surface area contributed by atoms with Gasteiger partial charge < -0.3 is 15.4 Å². The first-order valence-electron chi connectivity index (χ1n) is 9.71. The number of halogens is 1. The van der Waals surface area contributed by atoms with Crippen LogP contribution in [0.5, 0.6) is 5.88 Å². The molecule has 5 rings (SSSR count). The van der Waals surface area contributed by atoms with Crippen LogP contribution < -0.4 is 20.3 Å². The molecule has 3 heterocycles. The van der Waals surface area contributed by atoms with Gasteiger partial charge in [-0.3, -0.25) is 9.69 Å². The number of amides is 1. The first-order chi connectivity index (χ1) is 15.1. The average Bonchev–Trinajstić information content (AvgIpc) is 2.79. The highest BCUT2D eigenvalue weighted by Crippen LogP contribution is 2.39. The van der Waals surface area contributed by atoms with Gasteiger partial charge in [-0.05, 0) is 42.3 Å². The second kappa shape index (κ2) is 7.87. The first-order valence-corrected chi connectivity index (χ1v) is 10.1. The quantitative estimate of drug-likeness (QED) is 0.607. The van der Waals surface area contributed by atoms with Gasteiger partial charge in [0, 0.05) is 18.4 Å². The van der Waals surface area contributed by atoms with Gasteiger partial charge in [-0.25, -0.2) is 9.83 Å². The van der Waals surface area contributed by atoms with Crippen LogP contribution in [-0.2, 0) is 13.0 Å². The van der Waals surface area contributed by atoms with E-state index >= 15 is 0 Å². The van der Waals surface area contributed by atoms with Gasteiger partial charge in [0.2, 0.25) is 17.5 Å². The largest absolute Gasteiger partial charge is 0.455 e. The molecule has 0 saturated heterocycles. The Morgan fingerprint density at radius 1 is 1.26 bits per heavy atom. The fraction of sp³-hybridized carbons (Fsp3) is 0.182. The predicted octanol–water partition coefficient (Wildman–Crippen LogP) is 4.07. The molecule has 9 heteroatoms. The van der Waals surface area contributed by atoms with Gasteiger partial charge in [-0.15, -0.1) is 0 Å². The smallest absolute Gasteiger partial charge is 0.267 e. The van der Waals surface area contributed by atoms with E-state index in [2.05, 4.69) is 37.6 Å². The number of hydrogen-bond donors (Lipinski definition) is 2. The Kier molecular flexibility index (Phi) is 4.90. The van der Waals surface area contributed by atoms with Crippen LogP contribution >= 0.6 is 11.6 Å². The van der Waals surface area contributed by atoms with Crippen molar-refractivity contribution in [1.29, 1.82) is 0 Å². The molecule has 0 aliphatic carbocycles. The Bertz CT molecular complexity index is 1240. The van der Waals surface area contributed by atoms with E-state index in [0.29, 0.717) is 16.7 Å². The average molecular weight is 433 g/mol. The number of carbonyl (C=O) groups excluding carboxylic acids is 1. The number of ether oxygens (including phenoxy) is 1. The molecule has 0 unspecified atom stereocenters. The normalized spacial score (nSPS) is 14.8. The molecule has 0 radical (unpaired) electrons. The summed E-state index contributed by atoms with van der Waals surface area (Å²) in [7, 11) is 0. The molecule has 0 bridgehead atoms. The fourth-order valence-electron chi connectivity index (χ4n) is 3.72. The molecule has 3 aromatic rings. The third kappa shape index (κ3) is 3.54. The van der Waals surface area contributed by atoms with Crippen LogP contribution in [0.15, 0.2) is 42.6 Å². The molecule has 2 N–H and O–H groups in total. The molecule has 0 fully saturated rings. The number of benzene rings is 2. The summed E-state index contributed by atoms with van der Waals surface area (Å²) in [5.41, 5.74) is 4.26. The number of nitrogens with zero attached hydrogens (tertiary/aromatic N) is 4. The highest BCUT2D eigenvalue weighted by Gasteiger charge is 2.31. The summed E-state index contributed by atoms with van der Waals surface area (Å²) in [4.78, 5) is 26.5. The second-order valence-corrected chi connectivity index (χ2v) is 7.58. The van der Waals surface area contributed by atoms with E-state index in [1.54, 1.807) is 18.2 Å². The van der Waals surface area contributed by atoms with Crippen molar-refractivity contribution in [3.05, 3.63) is 75.7 Å². The third-order valence-electron chi connectivity index (χ3n) is 5.26. The lowest BCUT2D eigenvalue weighted by molar-refractivity contribution is 0.0933. The highest BCUT2D eigenvalue weighted by molar-refractivity contribution is 6.35. The summed E-state index contributed by atoms with van der Waals surface area (Å²) in [6.07, 6.45) is 2.40. The van der Waals surface area contributed by atoms with Crippen LogP contribution in [0.2, 0.25) is 5.02 Å². The zero-order valence-corrected chi connectivity index (χ0v) is 17.1. The molecule has 31 heavy (non-hydrogen) atoms. The number of carbonyl (C=O) groups is 1. The van der Waals surface area contributed by atoms with Crippen molar-refractivity contribution >= 4 is 40.5 Å². The number of hydrogen-bond acceptors (Lipinski definition) is 6. The van der Waals surface area contributed by atoms with E-state index < -0.39 is 0 Å². The summed E-state index contributed by atoms with van der Waals surface area (Å²) in [6.45, 7) is 9.09. The van der Waals surface area contributed by atoms with Gasteiger partial charge in [0.15, 0.2) is 6.73 Å². The van der Waals surface area contributed by atoms with Crippen molar-refractivity contribution in [2.75, 3.05) is 23.5 Å². The maximum Gasteiger partial charge on any atom is 0.267 e. The van der Waals surface area contributed by atoms with Crippen molar-refractivity contribution in [2.24, 2.45) is 0 Å². The van der Waals surface area contributed by atoms with Crippen LogP contribution in [0.3, 0.4) is 0 Å². The maximum atomic E-state index is 13.0. The van der Waals surface area contributed by atoms with Crippen molar-refractivity contribution in [1.82, 2.24) is 15.3 Å². The molecular formula is C22H17ClN6O2. The zero-order valence-electron chi connectivity index (χ0n) is 16.4. The lowest BCUT2D eigenvalue weighted by Crippen LogP contribution is -2.39. The Hall–Kier alpha value is -3.67. The molecule has 0 atom stereocenters. The number of para-hydroxylation sites is 1. The SMILES string of the molecule is [C-]#[N+]c1cccc(Cl)c1N1COc2nc(Nc3ccc4c(c3)CCNC4)ncc2C1=O. The summed E-state index contributed by atoms with van der Waals surface area (Å²) >= 11 is 6.26. The molecule has 2 aliphatic heterocycles. The van der Waals surface area contributed by atoms with Gasteiger partial charge in [0.05, 0.1) is 17.3 Å². The molecule has 154 valence electrons. The van der Waals surface area contributed by atoms with E-state index in [1.165, 1.54) is 22.2 Å². The van der Waals surface area contributed by atoms with Crippen molar-refractivity contribution in [3.63, 3.8) is 0 Å². The standard InChI is InChI=1S/C22H17ClN6O2/c1-24-18-4-2-3-17(23)19(18)29-12-31-20-16(21(29)30)11-26-22(28-20)27-15-6-5-14-10-25-8-7-13(14)9-15/h2-6,9,11,25H,7-8,10,12H2,(H,26,27,28). The predicted molar refractivity (Wildman–Crippen MR) is 117 cm³/mol. The number of aromatic nitrogens is 2. The van der Waals surface area contributed by atoms with Crippen LogP contribution in [0, 0.1) is 6.57 Å². The Balaban J connectivity index is 1.41. The Morgan fingerprint density at radius 2 is 2.16 bits per heavy atom. The molecule has 2 aliphatic rings. The molecular weight excluding hydrogens is 416 g/mol. The van der Waals surface area contributed by atoms with Gasteiger partial charge >= 0.3 is 0 Å². The minimum absolute atomic E-state index is 0.0968. The molecule has 0 spiro atoms. The number of fused-ring (bicyclic) bond motifs is 2. The molecule has 2 aromatic carbocycles. The van der Waals surface area contributed by atoms with E-state index in [9.17, 15) is 4.79 Å². The van der Waals surface area contributed by atoms with E-state index in [0.717, 1.165) is 25.2 Å². The number of rotatable bonds is 3. The van der Waals surface area contributed by atoms with E-state index in [4.69, 9.17) is 22.9 Å². The molecule has 8 nitrogen and oxygen atoms in total. The number of anilines is 3. The third-order valence-corrected chi connectivity index (χ3v) is 5.57. The lowest BCUT2D eigenvalue weighted by atomic mass is 10.0. The van der Waals surface area contributed by atoms with Gasteiger partial charge in [-0.2, -0.15) is 4.98 Å². The highest BCUT2D eigenvalue weighted by atomic mass is 35.5. The fourth-order valence-corrected chi connectivity index (χ4v) is 4.00. The van der Waals surface area contributed by atoms with Gasteiger partial charge in [0.1, 0.15) is 5.56 Å². The van der Waals surface area contributed by atoms with E-state index in [-0.39, 0.29) is 29.8 Å². The molecule has 1 aromatic heterocycles. The summed E-state index contributed by atoms with van der Waals surface area (Å²) in [5, 5.41) is 6.83. The molecule has 1 amide bonds. The monoisotopic (exact) mass is 432 g/mol. The topological polar surface area (TPSA) is 83.7 Å². The van der Waals surface area contributed by atoms with Crippen LogP contribution in [0.25, 0.3) is 4.85 Å².